The van der Waals surface area contributed by atoms with Gasteiger partial charge in [-0.05, 0) is 43.6 Å². The summed E-state index contributed by atoms with van der Waals surface area (Å²) in [7, 11) is 0. The number of likely N-dealkylation sites (tertiary alicyclic amines) is 1. The van der Waals surface area contributed by atoms with E-state index in [4.69, 9.17) is 0 Å². The molecule has 0 N–H and O–H groups in total. The zero-order valence-electron chi connectivity index (χ0n) is 14.2. The average Bonchev–Trinajstić information content (AvgIpc) is 2.64. The monoisotopic (exact) mass is 322 g/mol. The van der Waals surface area contributed by atoms with E-state index in [0.717, 1.165) is 37.4 Å². The highest BCUT2D eigenvalue weighted by Gasteiger charge is 2.18. The molecule has 126 valence electrons. The van der Waals surface area contributed by atoms with Gasteiger partial charge < -0.3 is 9.80 Å². The lowest BCUT2D eigenvalue weighted by molar-refractivity contribution is -0.118. The maximum absolute atomic E-state index is 12.9. The number of benzene rings is 2. The summed E-state index contributed by atoms with van der Waals surface area (Å²) in [6.07, 6.45) is 4.36. The molecule has 0 spiro atoms. The Morgan fingerprint density at radius 1 is 0.875 bits per heavy atom. The van der Waals surface area contributed by atoms with Crippen molar-refractivity contribution >= 4 is 11.6 Å². The van der Waals surface area contributed by atoms with Crippen LogP contribution in [0.2, 0.25) is 0 Å². The molecule has 3 nitrogen and oxygen atoms in total. The third-order valence-corrected chi connectivity index (χ3v) is 4.66. The molecule has 0 saturated carbocycles. The SMILES string of the molecule is O=C(Cc1ccccc1)N(CCN1CCCCC1)c1ccccc1. The second-order valence-corrected chi connectivity index (χ2v) is 6.45. The molecule has 2 aromatic carbocycles. The van der Waals surface area contributed by atoms with Crippen LogP contribution in [0, 0.1) is 0 Å². The highest BCUT2D eigenvalue weighted by atomic mass is 16.2. The molecule has 0 aromatic heterocycles. The van der Waals surface area contributed by atoms with E-state index < -0.39 is 0 Å². The minimum absolute atomic E-state index is 0.171. The largest absolute Gasteiger partial charge is 0.311 e. The number of rotatable bonds is 6. The third-order valence-electron chi connectivity index (χ3n) is 4.66. The van der Waals surface area contributed by atoms with Crippen molar-refractivity contribution in [3.8, 4) is 0 Å². The van der Waals surface area contributed by atoms with Gasteiger partial charge in [0.05, 0.1) is 6.42 Å². The van der Waals surface area contributed by atoms with Crippen LogP contribution in [0.5, 0.6) is 0 Å². The number of carbonyl (C=O) groups is 1. The molecule has 3 heteroatoms. The molecule has 24 heavy (non-hydrogen) atoms. The van der Waals surface area contributed by atoms with Gasteiger partial charge in [-0.15, -0.1) is 0 Å². The summed E-state index contributed by atoms with van der Waals surface area (Å²) in [5, 5.41) is 0. The van der Waals surface area contributed by atoms with Crippen LogP contribution >= 0.6 is 0 Å². The molecule has 0 aliphatic carbocycles. The van der Waals surface area contributed by atoms with Crippen molar-refractivity contribution in [1.82, 2.24) is 4.90 Å². The Morgan fingerprint density at radius 2 is 1.50 bits per heavy atom. The summed E-state index contributed by atoms with van der Waals surface area (Å²) in [6, 6.07) is 20.0. The van der Waals surface area contributed by atoms with E-state index in [0.29, 0.717) is 6.42 Å². The van der Waals surface area contributed by atoms with Gasteiger partial charge >= 0.3 is 0 Å². The molecular weight excluding hydrogens is 296 g/mol. The first kappa shape index (κ1) is 16.7. The van der Waals surface area contributed by atoms with Crippen molar-refractivity contribution in [2.45, 2.75) is 25.7 Å². The highest BCUT2D eigenvalue weighted by Crippen LogP contribution is 2.16. The number of amides is 1. The first-order valence-electron chi connectivity index (χ1n) is 8.94. The summed E-state index contributed by atoms with van der Waals surface area (Å²) >= 11 is 0. The zero-order valence-corrected chi connectivity index (χ0v) is 14.2. The van der Waals surface area contributed by atoms with E-state index in [2.05, 4.69) is 4.90 Å². The van der Waals surface area contributed by atoms with Crippen LogP contribution in [0.4, 0.5) is 5.69 Å². The van der Waals surface area contributed by atoms with Gasteiger partial charge in [-0.25, -0.2) is 0 Å². The molecule has 3 rings (SSSR count). The zero-order chi connectivity index (χ0) is 16.6. The van der Waals surface area contributed by atoms with E-state index in [1.807, 2.05) is 65.6 Å². The van der Waals surface area contributed by atoms with Crippen molar-refractivity contribution in [2.24, 2.45) is 0 Å². The molecule has 0 bridgehead atoms. The van der Waals surface area contributed by atoms with Crippen LogP contribution in [-0.4, -0.2) is 37.0 Å². The first-order valence-corrected chi connectivity index (χ1v) is 8.94. The molecule has 1 fully saturated rings. The van der Waals surface area contributed by atoms with E-state index in [1.165, 1.54) is 19.3 Å². The molecule has 1 aliphatic heterocycles. The highest BCUT2D eigenvalue weighted by molar-refractivity contribution is 5.94. The summed E-state index contributed by atoms with van der Waals surface area (Å²) in [5.41, 5.74) is 2.07. The number of anilines is 1. The predicted molar refractivity (Wildman–Crippen MR) is 99.2 cm³/mol. The van der Waals surface area contributed by atoms with Crippen LogP contribution in [-0.2, 0) is 11.2 Å². The van der Waals surface area contributed by atoms with Gasteiger partial charge in [0, 0.05) is 18.8 Å². The smallest absolute Gasteiger partial charge is 0.231 e. The van der Waals surface area contributed by atoms with Crippen LogP contribution in [0.15, 0.2) is 60.7 Å². The normalized spacial score (nSPS) is 15.2. The Bertz CT molecular complexity index is 621. The Labute approximate surface area is 144 Å². The molecule has 1 heterocycles. The Hall–Kier alpha value is -2.13. The van der Waals surface area contributed by atoms with Gasteiger partial charge in [0.1, 0.15) is 0 Å². The van der Waals surface area contributed by atoms with E-state index in [1.54, 1.807) is 0 Å². The fourth-order valence-electron chi connectivity index (χ4n) is 3.30. The molecule has 0 atom stereocenters. The maximum atomic E-state index is 12.9. The number of piperidine rings is 1. The molecule has 1 saturated heterocycles. The predicted octanol–water partition coefficient (Wildman–Crippen LogP) is 3.75. The molecule has 1 aliphatic rings. The summed E-state index contributed by atoms with van der Waals surface area (Å²) < 4.78 is 0. The summed E-state index contributed by atoms with van der Waals surface area (Å²) in [4.78, 5) is 17.3. The maximum Gasteiger partial charge on any atom is 0.231 e. The molecule has 0 radical (unpaired) electrons. The van der Waals surface area contributed by atoms with Gasteiger partial charge in [0.25, 0.3) is 0 Å². The van der Waals surface area contributed by atoms with Gasteiger partial charge in [-0.2, -0.15) is 0 Å². The van der Waals surface area contributed by atoms with Crippen molar-refractivity contribution < 1.29 is 4.79 Å². The minimum Gasteiger partial charge on any atom is -0.311 e. The van der Waals surface area contributed by atoms with E-state index in [9.17, 15) is 4.79 Å². The molecule has 1 amide bonds. The second-order valence-electron chi connectivity index (χ2n) is 6.45. The van der Waals surface area contributed by atoms with E-state index in [-0.39, 0.29) is 5.91 Å². The number of nitrogens with zero attached hydrogens (tertiary/aromatic N) is 2. The van der Waals surface area contributed by atoms with E-state index >= 15 is 0 Å². The Balaban J connectivity index is 1.68. The molecule has 2 aromatic rings. The van der Waals surface area contributed by atoms with Crippen molar-refractivity contribution in [3.05, 3.63) is 66.2 Å². The molecular formula is C21H26N2O. The molecule has 0 unspecified atom stereocenters. The number of hydrogen-bond acceptors (Lipinski definition) is 2. The van der Waals surface area contributed by atoms with Gasteiger partial charge in [-0.3, -0.25) is 4.79 Å². The Morgan fingerprint density at radius 3 is 2.17 bits per heavy atom. The lowest BCUT2D eigenvalue weighted by atomic mass is 10.1. The van der Waals surface area contributed by atoms with Gasteiger partial charge in [-0.1, -0.05) is 55.0 Å². The average molecular weight is 322 g/mol. The van der Waals surface area contributed by atoms with Crippen LogP contribution < -0.4 is 4.90 Å². The van der Waals surface area contributed by atoms with Crippen molar-refractivity contribution in [1.29, 1.82) is 0 Å². The van der Waals surface area contributed by atoms with Crippen LogP contribution in [0.25, 0.3) is 0 Å². The fourth-order valence-corrected chi connectivity index (χ4v) is 3.30. The quantitative estimate of drug-likeness (QED) is 0.809. The number of hydrogen-bond donors (Lipinski definition) is 0. The van der Waals surface area contributed by atoms with Gasteiger partial charge in [0.2, 0.25) is 5.91 Å². The van der Waals surface area contributed by atoms with Crippen LogP contribution in [0.1, 0.15) is 24.8 Å². The number of carbonyl (C=O) groups excluding carboxylic acids is 1. The Kier molecular flexibility index (Phi) is 6.02. The number of para-hydroxylation sites is 1. The van der Waals surface area contributed by atoms with Gasteiger partial charge in [0.15, 0.2) is 0 Å². The van der Waals surface area contributed by atoms with Crippen molar-refractivity contribution in [2.75, 3.05) is 31.1 Å². The second kappa shape index (κ2) is 8.65. The summed E-state index contributed by atoms with van der Waals surface area (Å²) in [5.74, 6) is 0.171. The lowest BCUT2D eigenvalue weighted by Crippen LogP contribution is -2.41. The summed E-state index contributed by atoms with van der Waals surface area (Å²) in [6.45, 7) is 4.04. The standard InChI is InChI=1S/C21H26N2O/c24-21(18-19-10-4-1-5-11-19)23(20-12-6-2-7-13-20)17-16-22-14-8-3-9-15-22/h1-2,4-7,10-13H,3,8-9,14-18H2. The topological polar surface area (TPSA) is 23.6 Å². The minimum atomic E-state index is 0.171. The van der Waals surface area contributed by atoms with Crippen LogP contribution in [0.3, 0.4) is 0 Å². The fraction of sp³-hybridized carbons (Fsp3) is 0.381. The lowest BCUT2D eigenvalue weighted by Gasteiger charge is -2.30. The third kappa shape index (κ3) is 4.68. The van der Waals surface area contributed by atoms with Crippen molar-refractivity contribution in [3.63, 3.8) is 0 Å². The first-order chi connectivity index (χ1) is 11.8.